The lowest BCUT2D eigenvalue weighted by atomic mass is 10.2. The number of carbonyl (C=O) groups excluding carboxylic acids is 1. The van der Waals surface area contributed by atoms with E-state index in [-0.39, 0.29) is 11.9 Å². The molecule has 0 saturated heterocycles. The average molecular weight is 237 g/mol. The lowest BCUT2D eigenvalue weighted by Crippen LogP contribution is -2.35. The number of hydrogen-bond donors (Lipinski definition) is 0. The van der Waals surface area contributed by atoms with Crippen molar-refractivity contribution in [2.75, 3.05) is 11.4 Å². The van der Waals surface area contributed by atoms with Crippen molar-refractivity contribution in [2.45, 2.75) is 32.8 Å². The Balaban J connectivity index is 2.20. The molecule has 2 rings (SSSR count). The Labute approximate surface area is 100 Å². The molecule has 3 nitrogen and oxygen atoms in total. The van der Waals surface area contributed by atoms with Gasteiger partial charge in [-0.25, -0.2) is 9.18 Å². The molecule has 0 saturated carbocycles. The molecule has 1 heterocycles. The Morgan fingerprint density at radius 1 is 1.41 bits per heavy atom. The fourth-order valence-electron chi connectivity index (χ4n) is 1.88. The zero-order valence-corrected chi connectivity index (χ0v) is 10.3. The topological polar surface area (TPSA) is 29.5 Å². The van der Waals surface area contributed by atoms with Crippen LogP contribution in [0.1, 0.15) is 26.3 Å². The van der Waals surface area contributed by atoms with Crippen LogP contribution in [-0.2, 0) is 11.2 Å². The maximum atomic E-state index is 13.0. The molecule has 0 atom stereocenters. The lowest BCUT2D eigenvalue weighted by Gasteiger charge is -2.24. The SMILES string of the molecule is CC(C)(C)OC(=O)N1CCc2cc(F)ccc21. The van der Waals surface area contributed by atoms with Crippen LogP contribution in [-0.4, -0.2) is 18.2 Å². The molecule has 0 aromatic heterocycles. The summed E-state index contributed by atoms with van der Waals surface area (Å²) >= 11 is 0. The number of nitrogens with zero attached hydrogens (tertiary/aromatic N) is 1. The zero-order valence-electron chi connectivity index (χ0n) is 10.3. The fraction of sp³-hybridized carbons (Fsp3) is 0.462. The summed E-state index contributed by atoms with van der Waals surface area (Å²) in [6.07, 6.45) is 0.301. The van der Waals surface area contributed by atoms with E-state index in [2.05, 4.69) is 0 Å². The third kappa shape index (κ3) is 2.57. The summed E-state index contributed by atoms with van der Waals surface area (Å²) in [5, 5.41) is 0. The summed E-state index contributed by atoms with van der Waals surface area (Å²) in [4.78, 5) is 13.5. The summed E-state index contributed by atoms with van der Waals surface area (Å²) in [5.74, 6) is -0.269. The molecule has 1 aliphatic heterocycles. The highest BCUT2D eigenvalue weighted by Crippen LogP contribution is 2.29. The molecule has 4 heteroatoms. The minimum Gasteiger partial charge on any atom is -0.443 e. The first-order valence-electron chi connectivity index (χ1n) is 5.66. The van der Waals surface area contributed by atoms with Gasteiger partial charge in [-0.2, -0.15) is 0 Å². The quantitative estimate of drug-likeness (QED) is 0.693. The van der Waals surface area contributed by atoms with E-state index in [1.165, 1.54) is 12.1 Å². The molecule has 0 fully saturated rings. The molecule has 0 unspecified atom stereocenters. The van der Waals surface area contributed by atoms with Crippen molar-refractivity contribution in [3.8, 4) is 0 Å². The first kappa shape index (κ1) is 11.9. The monoisotopic (exact) mass is 237 g/mol. The van der Waals surface area contributed by atoms with Crippen LogP contribution >= 0.6 is 0 Å². The number of rotatable bonds is 0. The number of halogens is 1. The van der Waals surface area contributed by atoms with Crippen LogP contribution in [0.2, 0.25) is 0 Å². The van der Waals surface area contributed by atoms with E-state index >= 15 is 0 Å². The Morgan fingerprint density at radius 2 is 2.12 bits per heavy atom. The highest BCUT2D eigenvalue weighted by Gasteiger charge is 2.28. The van der Waals surface area contributed by atoms with E-state index in [0.717, 1.165) is 11.3 Å². The second kappa shape index (κ2) is 4.02. The van der Waals surface area contributed by atoms with Gasteiger partial charge in [0, 0.05) is 6.54 Å². The predicted octanol–water partition coefficient (Wildman–Crippen LogP) is 3.12. The van der Waals surface area contributed by atoms with Crippen LogP contribution in [0.3, 0.4) is 0 Å². The van der Waals surface area contributed by atoms with Crippen LogP contribution < -0.4 is 4.90 Å². The van der Waals surface area contributed by atoms with E-state index in [1.807, 2.05) is 20.8 Å². The van der Waals surface area contributed by atoms with Crippen molar-refractivity contribution >= 4 is 11.8 Å². The molecule has 0 spiro atoms. The number of amides is 1. The molecule has 1 amide bonds. The summed E-state index contributed by atoms with van der Waals surface area (Å²) in [6, 6.07) is 4.46. The highest BCUT2D eigenvalue weighted by molar-refractivity contribution is 5.90. The number of hydrogen-bond acceptors (Lipinski definition) is 2. The van der Waals surface area contributed by atoms with Crippen molar-refractivity contribution < 1.29 is 13.9 Å². The Morgan fingerprint density at radius 3 is 2.76 bits per heavy atom. The lowest BCUT2D eigenvalue weighted by molar-refractivity contribution is 0.0584. The second-order valence-corrected chi connectivity index (χ2v) is 5.16. The minimum absolute atomic E-state index is 0.269. The Kier molecular flexibility index (Phi) is 2.81. The van der Waals surface area contributed by atoms with Crippen molar-refractivity contribution in [1.29, 1.82) is 0 Å². The van der Waals surface area contributed by atoms with Crippen molar-refractivity contribution in [3.05, 3.63) is 29.6 Å². The van der Waals surface area contributed by atoms with E-state index < -0.39 is 5.60 Å². The van der Waals surface area contributed by atoms with Gasteiger partial charge < -0.3 is 4.74 Å². The van der Waals surface area contributed by atoms with Gasteiger partial charge >= 0.3 is 6.09 Å². The molecule has 0 radical (unpaired) electrons. The summed E-state index contributed by atoms with van der Waals surface area (Å²) in [6.45, 7) is 6.03. The van der Waals surface area contributed by atoms with Crippen molar-refractivity contribution in [2.24, 2.45) is 0 Å². The largest absolute Gasteiger partial charge is 0.443 e. The molecule has 1 aromatic rings. The standard InChI is InChI=1S/C13H16FNO2/c1-13(2,3)17-12(16)15-7-6-9-8-10(14)4-5-11(9)15/h4-5,8H,6-7H2,1-3H3. The smallest absolute Gasteiger partial charge is 0.414 e. The third-order valence-corrected chi connectivity index (χ3v) is 2.55. The van der Waals surface area contributed by atoms with Gasteiger partial charge in [0.25, 0.3) is 0 Å². The number of benzene rings is 1. The Hall–Kier alpha value is -1.58. The first-order valence-corrected chi connectivity index (χ1v) is 5.66. The summed E-state index contributed by atoms with van der Waals surface area (Å²) in [5.41, 5.74) is 1.09. The summed E-state index contributed by atoms with van der Waals surface area (Å²) < 4.78 is 18.3. The van der Waals surface area contributed by atoms with Crippen LogP contribution in [0.4, 0.5) is 14.9 Å². The molecule has 0 bridgehead atoms. The molecular formula is C13H16FNO2. The third-order valence-electron chi connectivity index (χ3n) is 2.55. The molecule has 0 N–H and O–H groups in total. The maximum Gasteiger partial charge on any atom is 0.414 e. The van der Waals surface area contributed by atoms with Gasteiger partial charge in [-0.1, -0.05) is 0 Å². The average Bonchev–Trinajstić information content (AvgIpc) is 2.57. The van der Waals surface area contributed by atoms with Gasteiger partial charge in [0.2, 0.25) is 0 Å². The molecule has 0 aliphatic carbocycles. The van der Waals surface area contributed by atoms with Gasteiger partial charge in [0.15, 0.2) is 0 Å². The van der Waals surface area contributed by atoms with Crippen LogP contribution in [0.25, 0.3) is 0 Å². The van der Waals surface area contributed by atoms with Gasteiger partial charge in [0.1, 0.15) is 11.4 Å². The van der Waals surface area contributed by atoms with Crippen molar-refractivity contribution in [1.82, 2.24) is 0 Å². The Bertz CT molecular complexity index is 451. The zero-order chi connectivity index (χ0) is 12.6. The minimum atomic E-state index is -0.514. The van der Waals surface area contributed by atoms with E-state index in [1.54, 1.807) is 11.0 Å². The van der Waals surface area contributed by atoms with Crippen LogP contribution in [0, 0.1) is 5.82 Å². The number of anilines is 1. The van der Waals surface area contributed by atoms with Crippen LogP contribution in [0.5, 0.6) is 0 Å². The van der Waals surface area contributed by atoms with Gasteiger partial charge in [0.05, 0.1) is 5.69 Å². The summed E-state index contributed by atoms with van der Waals surface area (Å²) in [7, 11) is 0. The molecule has 92 valence electrons. The first-order chi connectivity index (χ1) is 7.87. The molecular weight excluding hydrogens is 221 g/mol. The number of ether oxygens (including phenoxy) is 1. The highest BCUT2D eigenvalue weighted by atomic mass is 19.1. The fourth-order valence-corrected chi connectivity index (χ4v) is 1.88. The molecule has 1 aromatic carbocycles. The normalized spacial score (nSPS) is 14.7. The number of fused-ring (bicyclic) bond motifs is 1. The number of carbonyl (C=O) groups is 1. The van der Waals surface area contributed by atoms with Crippen LogP contribution in [0.15, 0.2) is 18.2 Å². The van der Waals surface area contributed by atoms with Gasteiger partial charge in [-0.15, -0.1) is 0 Å². The van der Waals surface area contributed by atoms with Gasteiger partial charge in [-0.3, -0.25) is 4.90 Å². The van der Waals surface area contributed by atoms with E-state index in [9.17, 15) is 9.18 Å². The van der Waals surface area contributed by atoms with E-state index in [4.69, 9.17) is 4.74 Å². The van der Waals surface area contributed by atoms with Gasteiger partial charge in [-0.05, 0) is 51.0 Å². The van der Waals surface area contributed by atoms with Crippen molar-refractivity contribution in [3.63, 3.8) is 0 Å². The van der Waals surface area contributed by atoms with E-state index in [0.29, 0.717) is 13.0 Å². The second-order valence-electron chi connectivity index (χ2n) is 5.16. The maximum absolute atomic E-state index is 13.0. The molecule has 1 aliphatic rings. The predicted molar refractivity (Wildman–Crippen MR) is 63.7 cm³/mol. The molecule has 17 heavy (non-hydrogen) atoms.